The van der Waals surface area contributed by atoms with Gasteiger partial charge in [-0.1, -0.05) is 38.5 Å². The molecule has 3 nitrogen and oxygen atoms in total. The summed E-state index contributed by atoms with van der Waals surface area (Å²) in [6, 6.07) is 0.719. The monoisotopic (exact) mass is 264 g/mol. The van der Waals surface area contributed by atoms with Gasteiger partial charge in [0.2, 0.25) is 5.91 Å². The highest BCUT2D eigenvalue weighted by Crippen LogP contribution is 2.33. The Morgan fingerprint density at radius 3 is 2.58 bits per heavy atom. The second-order valence-corrected chi connectivity index (χ2v) is 6.84. The summed E-state index contributed by atoms with van der Waals surface area (Å²) in [6.07, 6.45) is 13.1. The van der Waals surface area contributed by atoms with E-state index < -0.39 is 0 Å². The number of amides is 1. The first-order chi connectivity index (χ1) is 9.33. The highest BCUT2D eigenvalue weighted by Gasteiger charge is 2.37. The zero-order valence-electron chi connectivity index (χ0n) is 12.0. The minimum atomic E-state index is 0.0941. The minimum absolute atomic E-state index is 0.0941. The van der Waals surface area contributed by atoms with Gasteiger partial charge in [0.1, 0.15) is 0 Å². The third-order valence-electron chi connectivity index (χ3n) is 5.51. The van der Waals surface area contributed by atoms with E-state index in [0.29, 0.717) is 6.04 Å². The fourth-order valence-corrected chi connectivity index (χ4v) is 4.34. The molecule has 19 heavy (non-hydrogen) atoms. The van der Waals surface area contributed by atoms with Crippen LogP contribution in [0.2, 0.25) is 0 Å². The van der Waals surface area contributed by atoms with Crippen LogP contribution in [0.1, 0.15) is 64.2 Å². The first kappa shape index (κ1) is 13.4. The predicted octanol–water partition coefficient (Wildman–Crippen LogP) is 2.60. The van der Waals surface area contributed by atoms with Gasteiger partial charge in [-0.3, -0.25) is 4.79 Å². The van der Waals surface area contributed by atoms with Crippen LogP contribution in [0, 0.1) is 11.8 Å². The van der Waals surface area contributed by atoms with E-state index in [0.717, 1.165) is 24.8 Å². The summed E-state index contributed by atoms with van der Waals surface area (Å²) in [6.45, 7) is 0.886. The van der Waals surface area contributed by atoms with Crippen LogP contribution in [0.4, 0.5) is 0 Å². The number of carbonyl (C=O) groups excluding carboxylic acids is 1. The molecule has 0 spiro atoms. The molecule has 0 bridgehead atoms. The van der Waals surface area contributed by atoms with Gasteiger partial charge in [0.05, 0.1) is 6.04 Å². The first-order valence-electron chi connectivity index (χ1n) is 8.36. The zero-order chi connectivity index (χ0) is 13.1. The summed E-state index contributed by atoms with van der Waals surface area (Å²) in [4.78, 5) is 12.2. The van der Waals surface area contributed by atoms with Gasteiger partial charge in [0, 0.05) is 12.6 Å². The maximum absolute atomic E-state index is 12.2. The van der Waals surface area contributed by atoms with Gasteiger partial charge < -0.3 is 10.6 Å². The van der Waals surface area contributed by atoms with Gasteiger partial charge in [-0.2, -0.15) is 0 Å². The normalized spacial score (nSPS) is 35.3. The Morgan fingerprint density at radius 2 is 1.79 bits per heavy atom. The molecular formula is C16H28N2O. The lowest BCUT2D eigenvalue weighted by molar-refractivity contribution is -0.122. The fourth-order valence-electron chi connectivity index (χ4n) is 4.34. The molecule has 3 aliphatic rings. The molecule has 2 saturated carbocycles. The Bertz CT molecular complexity index is 298. The molecule has 2 aliphatic carbocycles. The maximum Gasteiger partial charge on any atom is 0.237 e. The molecule has 2 N–H and O–H groups in total. The quantitative estimate of drug-likeness (QED) is 0.819. The van der Waals surface area contributed by atoms with Crippen LogP contribution >= 0.6 is 0 Å². The van der Waals surface area contributed by atoms with Crippen LogP contribution in [0.15, 0.2) is 0 Å². The SMILES string of the molecule is O=C(NCCC1CCCC1)C1CC2CCCCC2N1. The van der Waals surface area contributed by atoms with Gasteiger partial charge in [0.15, 0.2) is 0 Å². The second kappa shape index (κ2) is 6.25. The fraction of sp³-hybridized carbons (Fsp3) is 0.938. The lowest BCUT2D eigenvalue weighted by atomic mass is 9.85. The maximum atomic E-state index is 12.2. The Kier molecular flexibility index (Phi) is 4.42. The molecule has 0 aromatic heterocycles. The van der Waals surface area contributed by atoms with Crippen LogP contribution in [0.25, 0.3) is 0 Å². The average molecular weight is 264 g/mol. The zero-order valence-corrected chi connectivity index (χ0v) is 12.0. The lowest BCUT2D eigenvalue weighted by Gasteiger charge is -2.24. The van der Waals surface area contributed by atoms with Crippen LogP contribution in [0.3, 0.4) is 0 Å². The molecule has 3 rings (SSSR count). The molecule has 1 heterocycles. The van der Waals surface area contributed by atoms with E-state index in [2.05, 4.69) is 10.6 Å². The average Bonchev–Trinajstić information content (AvgIpc) is 3.07. The molecule has 0 aromatic carbocycles. The van der Waals surface area contributed by atoms with Crippen molar-refractivity contribution in [3.05, 3.63) is 0 Å². The third kappa shape index (κ3) is 3.31. The van der Waals surface area contributed by atoms with Crippen molar-refractivity contribution in [2.24, 2.45) is 11.8 Å². The second-order valence-electron chi connectivity index (χ2n) is 6.84. The van der Waals surface area contributed by atoms with Gasteiger partial charge in [-0.05, 0) is 37.5 Å². The summed E-state index contributed by atoms with van der Waals surface area (Å²) < 4.78 is 0. The van der Waals surface area contributed by atoms with Crippen LogP contribution in [-0.4, -0.2) is 24.5 Å². The smallest absolute Gasteiger partial charge is 0.237 e. The van der Waals surface area contributed by atoms with E-state index in [4.69, 9.17) is 0 Å². The van der Waals surface area contributed by atoms with Crippen molar-refractivity contribution in [3.63, 3.8) is 0 Å². The van der Waals surface area contributed by atoms with E-state index in [1.807, 2.05) is 0 Å². The topological polar surface area (TPSA) is 41.1 Å². The van der Waals surface area contributed by atoms with E-state index in [1.54, 1.807) is 0 Å². The van der Waals surface area contributed by atoms with E-state index in [-0.39, 0.29) is 11.9 Å². The highest BCUT2D eigenvalue weighted by molar-refractivity contribution is 5.82. The summed E-state index contributed by atoms with van der Waals surface area (Å²) in [5.74, 6) is 1.89. The molecule has 3 atom stereocenters. The number of fused-ring (bicyclic) bond motifs is 1. The molecule has 1 saturated heterocycles. The van der Waals surface area contributed by atoms with Crippen molar-refractivity contribution in [2.45, 2.75) is 76.3 Å². The number of carbonyl (C=O) groups is 1. The Hall–Kier alpha value is -0.570. The Balaban J connectivity index is 1.38. The standard InChI is InChI=1S/C16H28N2O/c19-16(17-10-9-12-5-1-2-6-12)15-11-13-7-3-4-8-14(13)18-15/h12-15,18H,1-11H2,(H,17,19). The van der Waals surface area contributed by atoms with E-state index in [9.17, 15) is 4.79 Å². The molecule has 0 radical (unpaired) electrons. The summed E-state index contributed by atoms with van der Waals surface area (Å²) >= 11 is 0. The lowest BCUT2D eigenvalue weighted by Crippen LogP contribution is -2.43. The molecule has 108 valence electrons. The van der Waals surface area contributed by atoms with Gasteiger partial charge in [-0.15, -0.1) is 0 Å². The van der Waals surface area contributed by atoms with Crippen LogP contribution < -0.4 is 10.6 Å². The van der Waals surface area contributed by atoms with Gasteiger partial charge in [-0.25, -0.2) is 0 Å². The number of rotatable bonds is 4. The Morgan fingerprint density at radius 1 is 1.05 bits per heavy atom. The molecule has 1 aliphatic heterocycles. The molecule has 3 heteroatoms. The molecule has 1 amide bonds. The van der Waals surface area contributed by atoms with Crippen molar-refractivity contribution in [3.8, 4) is 0 Å². The van der Waals surface area contributed by atoms with Crippen molar-refractivity contribution >= 4 is 5.91 Å². The van der Waals surface area contributed by atoms with E-state index in [1.165, 1.54) is 57.8 Å². The number of nitrogens with one attached hydrogen (secondary N) is 2. The van der Waals surface area contributed by atoms with Crippen LogP contribution in [-0.2, 0) is 4.79 Å². The molecule has 0 aromatic rings. The van der Waals surface area contributed by atoms with Crippen LogP contribution in [0.5, 0.6) is 0 Å². The summed E-state index contributed by atoms with van der Waals surface area (Å²) in [5.41, 5.74) is 0. The number of hydrogen-bond acceptors (Lipinski definition) is 2. The third-order valence-corrected chi connectivity index (χ3v) is 5.51. The molecule has 3 fully saturated rings. The summed E-state index contributed by atoms with van der Waals surface area (Å²) in [7, 11) is 0. The van der Waals surface area contributed by atoms with Crippen molar-refractivity contribution < 1.29 is 4.79 Å². The Labute approximate surface area is 116 Å². The predicted molar refractivity (Wildman–Crippen MR) is 76.9 cm³/mol. The highest BCUT2D eigenvalue weighted by atomic mass is 16.2. The first-order valence-corrected chi connectivity index (χ1v) is 8.36. The van der Waals surface area contributed by atoms with Crippen molar-refractivity contribution in [1.29, 1.82) is 0 Å². The van der Waals surface area contributed by atoms with E-state index >= 15 is 0 Å². The van der Waals surface area contributed by atoms with Gasteiger partial charge >= 0.3 is 0 Å². The largest absolute Gasteiger partial charge is 0.355 e. The van der Waals surface area contributed by atoms with Gasteiger partial charge in [0.25, 0.3) is 0 Å². The van der Waals surface area contributed by atoms with Crippen molar-refractivity contribution in [1.82, 2.24) is 10.6 Å². The molecular weight excluding hydrogens is 236 g/mol. The van der Waals surface area contributed by atoms with Crippen molar-refractivity contribution in [2.75, 3.05) is 6.54 Å². The minimum Gasteiger partial charge on any atom is -0.355 e. The molecule has 3 unspecified atom stereocenters. The number of hydrogen-bond donors (Lipinski definition) is 2. The summed E-state index contributed by atoms with van der Waals surface area (Å²) in [5, 5.41) is 6.72.